The van der Waals surface area contributed by atoms with E-state index in [2.05, 4.69) is 11.8 Å². The Balaban J connectivity index is 2.07. The number of primary amides is 1. The Morgan fingerprint density at radius 2 is 2.21 bits per heavy atom. The third-order valence-corrected chi connectivity index (χ3v) is 3.86. The van der Waals surface area contributed by atoms with Crippen molar-refractivity contribution in [2.45, 2.75) is 32.4 Å². The van der Waals surface area contributed by atoms with E-state index in [-0.39, 0.29) is 17.5 Å². The second kappa shape index (κ2) is 5.57. The van der Waals surface area contributed by atoms with Gasteiger partial charge in [-0.1, -0.05) is 6.07 Å². The standard InChI is InChI=1S/C14H20FN3O/c1-9-2-4-11(14(17)19)8-18(9)7-10-3-5-13(16)12(15)6-10/h3,5-6,9,11H,2,4,7-8,16H2,1H3,(H2,17,19). The highest BCUT2D eigenvalue weighted by molar-refractivity contribution is 5.77. The van der Waals surface area contributed by atoms with E-state index in [1.165, 1.54) is 6.07 Å². The summed E-state index contributed by atoms with van der Waals surface area (Å²) < 4.78 is 13.4. The minimum atomic E-state index is -0.395. The van der Waals surface area contributed by atoms with E-state index in [9.17, 15) is 9.18 Å². The summed E-state index contributed by atoms with van der Waals surface area (Å²) in [4.78, 5) is 13.4. The fourth-order valence-corrected chi connectivity index (χ4v) is 2.54. The molecule has 1 aliphatic rings. The summed E-state index contributed by atoms with van der Waals surface area (Å²) >= 11 is 0. The van der Waals surface area contributed by atoms with Crippen molar-refractivity contribution in [2.75, 3.05) is 12.3 Å². The summed E-state index contributed by atoms with van der Waals surface area (Å²) in [5, 5.41) is 0. The van der Waals surface area contributed by atoms with Crippen LogP contribution < -0.4 is 11.5 Å². The number of hydrogen-bond donors (Lipinski definition) is 2. The molecule has 1 heterocycles. The first-order valence-corrected chi connectivity index (χ1v) is 6.54. The number of rotatable bonds is 3. The number of anilines is 1. The van der Waals surface area contributed by atoms with Gasteiger partial charge >= 0.3 is 0 Å². The summed E-state index contributed by atoms with van der Waals surface area (Å²) in [5.41, 5.74) is 11.9. The lowest BCUT2D eigenvalue weighted by Gasteiger charge is -2.36. The number of benzene rings is 1. The second-order valence-electron chi connectivity index (χ2n) is 5.31. The molecule has 2 unspecified atom stereocenters. The van der Waals surface area contributed by atoms with Gasteiger partial charge in [0.15, 0.2) is 0 Å². The molecule has 0 saturated carbocycles. The fraction of sp³-hybridized carbons (Fsp3) is 0.500. The Morgan fingerprint density at radius 1 is 1.47 bits per heavy atom. The molecule has 1 amide bonds. The Bertz CT molecular complexity index is 478. The average Bonchev–Trinajstić information content (AvgIpc) is 2.36. The number of piperidine rings is 1. The van der Waals surface area contributed by atoms with Gasteiger partial charge in [0.1, 0.15) is 5.82 Å². The van der Waals surface area contributed by atoms with Gasteiger partial charge in [0.2, 0.25) is 5.91 Å². The van der Waals surface area contributed by atoms with Crippen LogP contribution in [0.4, 0.5) is 10.1 Å². The molecule has 1 fully saturated rings. The van der Waals surface area contributed by atoms with Crippen LogP contribution in [0, 0.1) is 11.7 Å². The van der Waals surface area contributed by atoms with Crippen LogP contribution in [0.2, 0.25) is 0 Å². The van der Waals surface area contributed by atoms with Crippen molar-refractivity contribution in [3.05, 3.63) is 29.6 Å². The van der Waals surface area contributed by atoms with E-state index in [1.54, 1.807) is 6.07 Å². The van der Waals surface area contributed by atoms with Crippen molar-refractivity contribution >= 4 is 11.6 Å². The van der Waals surface area contributed by atoms with Gasteiger partial charge in [-0.05, 0) is 37.5 Å². The van der Waals surface area contributed by atoms with Crippen molar-refractivity contribution in [1.29, 1.82) is 0 Å². The van der Waals surface area contributed by atoms with Crippen LogP contribution in [-0.2, 0) is 11.3 Å². The lowest BCUT2D eigenvalue weighted by Crippen LogP contribution is -2.45. The topological polar surface area (TPSA) is 72.4 Å². The molecular weight excluding hydrogens is 245 g/mol. The molecule has 1 saturated heterocycles. The third kappa shape index (κ3) is 3.23. The van der Waals surface area contributed by atoms with E-state index < -0.39 is 5.82 Å². The van der Waals surface area contributed by atoms with Gasteiger partial charge in [0, 0.05) is 19.1 Å². The van der Waals surface area contributed by atoms with Crippen LogP contribution in [0.1, 0.15) is 25.3 Å². The highest BCUT2D eigenvalue weighted by Crippen LogP contribution is 2.24. The number of carbonyl (C=O) groups is 1. The minimum absolute atomic E-state index is 0.102. The zero-order chi connectivity index (χ0) is 14.0. The van der Waals surface area contributed by atoms with E-state index in [0.29, 0.717) is 19.1 Å². The van der Waals surface area contributed by atoms with Crippen molar-refractivity contribution < 1.29 is 9.18 Å². The van der Waals surface area contributed by atoms with Crippen LogP contribution in [0.15, 0.2) is 18.2 Å². The summed E-state index contributed by atoms with van der Waals surface area (Å²) in [6, 6.07) is 5.22. The van der Waals surface area contributed by atoms with E-state index >= 15 is 0 Å². The quantitative estimate of drug-likeness (QED) is 0.813. The minimum Gasteiger partial charge on any atom is -0.396 e. The lowest BCUT2D eigenvalue weighted by atomic mass is 9.92. The third-order valence-electron chi connectivity index (χ3n) is 3.86. The summed E-state index contributed by atoms with van der Waals surface area (Å²) in [5.74, 6) is -0.746. The molecule has 1 aromatic carbocycles. The van der Waals surface area contributed by atoms with Crippen molar-refractivity contribution in [3.63, 3.8) is 0 Å². The summed E-state index contributed by atoms with van der Waals surface area (Å²) in [7, 11) is 0. The number of nitrogens with zero attached hydrogens (tertiary/aromatic N) is 1. The predicted octanol–water partition coefficient (Wildman–Crippen LogP) is 1.49. The molecule has 2 atom stereocenters. The molecule has 0 bridgehead atoms. The highest BCUT2D eigenvalue weighted by Gasteiger charge is 2.28. The van der Waals surface area contributed by atoms with Crippen LogP contribution in [0.25, 0.3) is 0 Å². The molecule has 0 aliphatic carbocycles. The molecule has 2 rings (SSSR count). The van der Waals surface area contributed by atoms with Gasteiger partial charge in [0.05, 0.1) is 11.6 Å². The van der Waals surface area contributed by atoms with E-state index in [1.807, 2.05) is 6.07 Å². The molecule has 1 aromatic rings. The molecule has 104 valence electrons. The first-order valence-electron chi connectivity index (χ1n) is 6.54. The monoisotopic (exact) mass is 265 g/mol. The number of amides is 1. The molecule has 4 nitrogen and oxygen atoms in total. The Kier molecular flexibility index (Phi) is 4.04. The second-order valence-corrected chi connectivity index (χ2v) is 5.31. The van der Waals surface area contributed by atoms with Gasteiger partial charge in [-0.2, -0.15) is 0 Å². The average molecular weight is 265 g/mol. The molecule has 0 aromatic heterocycles. The maximum absolute atomic E-state index is 13.4. The number of nitrogens with two attached hydrogens (primary N) is 2. The van der Waals surface area contributed by atoms with Gasteiger partial charge < -0.3 is 11.5 Å². The molecule has 19 heavy (non-hydrogen) atoms. The largest absolute Gasteiger partial charge is 0.396 e. The number of hydrogen-bond acceptors (Lipinski definition) is 3. The predicted molar refractivity (Wildman–Crippen MR) is 72.6 cm³/mol. The smallest absolute Gasteiger partial charge is 0.221 e. The lowest BCUT2D eigenvalue weighted by molar-refractivity contribution is -0.124. The van der Waals surface area contributed by atoms with Crippen LogP contribution in [0.3, 0.4) is 0 Å². The Hall–Kier alpha value is -1.62. The Labute approximate surface area is 112 Å². The van der Waals surface area contributed by atoms with E-state index in [0.717, 1.165) is 18.4 Å². The molecule has 5 heteroatoms. The number of halogens is 1. The molecule has 0 radical (unpaired) electrons. The van der Waals surface area contributed by atoms with Gasteiger partial charge in [-0.3, -0.25) is 9.69 Å². The van der Waals surface area contributed by atoms with Gasteiger partial charge in [0.25, 0.3) is 0 Å². The fourth-order valence-electron chi connectivity index (χ4n) is 2.54. The van der Waals surface area contributed by atoms with Crippen LogP contribution >= 0.6 is 0 Å². The number of nitrogen functional groups attached to an aromatic ring is 1. The molecule has 1 aliphatic heterocycles. The summed E-state index contributed by atoms with van der Waals surface area (Å²) in [6.07, 6.45) is 1.77. The summed E-state index contributed by atoms with van der Waals surface area (Å²) in [6.45, 7) is 3.37. The SMILES string of the molecule is CC1CCC(C(N)=O)CN1Cc1ccc(N)c(F)c1. The molecular formula is C14H20FN3O. The van der Waals surface area contributed by atoms with Crippen LogP contribution in [0.5, 0.6) is 0 Å². The van der Waals surface area contributed by atoms with Crippen molar-refractivity contribution in [2.24, 2.45) is 11.7 Å². The highest BCUT2D eigenvalue weighted by atomic mass is 19.1. The van der Waals surface area contributed by atoms with Gasteiger partial charge in [-0.15, -0.1) is 0 Å². The Morgan fingerprint density at radius 3 is 2.84 bits per heavy atom. The van der Waals surface area contributed by atoms with Gasteiger partial charge in [-0.25, -0.2) is 4.39 Å². The normalized spacial score (nSPS) is 24.3. The van der Waals surface area contributed by atoms with E-state index in [4.69, 9.17) is 11.5 Å². The zero-order valence-electron chi connectivity index (χ0n) is 11.1. The first kappa shape index (κ1) is 13.8. The maximum atomic E-state index is 13.4. The number of likely N-dealkylation sites (tertiary alicyclic amines) is 1. The van der Waals surface area contributed by atoms with Crippen LogP contribution in [-0.4, -0.2) is 23.4 Å². The maximum Gasteiger partial charge on any atom is 0.221 e. The van der Waals surface area contributed by atoms with Crippen molar-refractivity contribution in [3.8, 4) is 0 Å². The molecule has 0 spiro atoms. The zero-order valence-corrected chi connectivity index (χ0v) is 11.1. The molecule has 4 N–H and O–H groups in total. The van der Waals surface area contributed by atoms with Crippen molar-refractivity contribution in [1.82, 2.24) is 4.90 Å². The number of carbonyl (C=O) groups excluding carboxylic acids is 1. The first-order chi connectivity index (χ1) is 8.97.